The van der Waals surface area contributed by atoms with Gasteiger partial charge in [-0.3, -0.25) is 9.13 Å². The molecule has 68 valence electrons. The van der Waals surface area contributed by atoms with Crippen molar-refractivity contribution in [2.75, 3.05) is 13.2 Å². The van der Waals surface area contributed by atoms with Crippen LogP contribution in [0.4, 0.5) is 0 Å². The first-order valence-electron chi connectivity index (χ1n) is 2.84. The summed E-state index contributed by atoms with van der Waals surface area (Å²) in [5, 5.41) is 0. The molecule has 11 heavy (non-hydrogen) atoms. The van der Waals surface area contributed by atoms with Gasteiger partial charge in [-0.15, -0.1) is 0 Å². The fraction of sp³-hybridized carbons (Fsp3) is 1.00. The van der Waals surface area contributed by atoms with Crippen molar-refractivity contribution in [3.05, 3.63) is 0 Å². The van der Waals surface area contributed by atoms with E-state index in [4.69, 9.17) is 9.79 Å². The van der Waals surface area contributed by atoms with E-state index in [9.17, 15) is 9.13 Å². The Balaban J connectivity index is 3.03. The van der Waals surface area contributed by atoms with Crippen LogP contribution < -0.4 is 0 Å². The molecule has 8 heteroatoms. The quantitative estimate of drug-likeness (QED) is 0.473. The lowest BCUT2D eigenvalue weighted by atomic mass is 10.5. The van der Waals surface area contributed by atoms with E-state index >= 15 is 0 Å². The predicted molar refractivity (Wildman–Crippen MR) is 39.0 cm³/mol. The van der Waals surface area contributed by atoms with Gasteiger partial charge in [0.15, 0.2) is 0 Å². The van der Waals surface area contributed by atoms with Gasteiger partial charge in [0.05, 0.1) is 13.2 Å². The Morgan fingerprint density at radius 3 is 1.64 bits per heavy atom. The Labute approximate surface area is 65.0 Å². The van der Waals surface area contributed by atoms with Gasteiger partial charge in [-0.25, -0.2) is 0 Å². The van der Waals surface area contributed by atoms with Gasteiger partial charge in [-0.05, 0) is 6.42 Å². The smallest absolute Gasteiger partial charge is 0.316 e. The van der Waals surface area contributed by atoms with Crippen LogP contribution in [-0.4, -0.2) is 23.0 Å². The molecule has 0 rings (SSSR count). The molecule has 2 N–H and O–H groups in total. The highest BCUT2D eigenvalue weighted by atomic mass is 31.1. The second kappa shape index (κ2) is 6.98. The van der Waals surface area contributed by atoms with Crippen LogP contribution in [0.1, 0.15) is 6.42 Å². The fourth-order valence-corrected chi connectivity index (χ4v) is 1.02. The van der Waals surface area contributed by atoms with E-state index in [1.54, 1.807) is 0 Å². The van der Waals surface area contributed by atoms with Gasteiger partial charge in [0, 0.05) is 0 Å². The van der Waals surface area contributed by atoms with Crippen LogP contribution in [0.3, 0.4) is 0 Å². The maximum atomic E-state index is 9.91. The fourth-order valence-electron chi connectivity index (χ4n) is 0.378. The molecule has 6 nitrogen and oxygen atoms in total. The van der Waals surface area contributed by atoms with E-state index < -0.39 is 16.5 Å². The molecule has 0 aliphatic carbocycles. The zero-order valence-electron chi connectivity index (χ0n) is 5.65. The summed E-state index contributed by atoms with van der Waals surface area (Å²) in [5.41, 5.74) is 0. The van der Waals surface area contributed by atoms with Crippen LogP contribution in [0.2, 0.25) is 0 Å². The Morgan fingerprint density at radius 1 is 1.00 bits per heavy atom. The first-order valence-corrected chi connectivity index (χ1v) is 5.37. The lowest BCUT2D eigenvalue weighted by Crippen LogP contribution is -1.92. The molecular formula is C3H10O6P2. The topological polar surface area (TPSA) is 93.1 Å². The van der Waals surface area contributed by atoms with Crippen molar-refractivity contribution >= 4 is 16.5 Å². The summed E-state index contributed by atoms with van der Waals surface area (Å²) in [6, 6.07) is 0. The third-order valence-electron chi connectivity index (χ3n) is 0.740. The molecule has 0 bridgehead atoms. The van der Waals surface area contributed by atoms with Gasteiger partial charge in [-0.1, -0.05) is 0 Å². The molecule has 0 aliphatic rings. The van der Waals surface area contributed by atoms with E-state index in [1.165, 1.54) is 0 Å². The number of hydrogen-bond donors (Lipinski definition) is 2. The van der Waals surface area contributed by atoms with E-state index in [0.717, 1.165) is 0 Å². The number of hydrogen-bond acceptors (Lipinski definition) is 4. The monoisotopic (exact) mass is 204 g/mol. The molecule has 0 amide bonds. The molecule has 0 aromatic carbocycles. The van der Waals surface area contributed by atoms with Gasteiger partial charge >= 0.3 is 16.5 Å². The Morgan fingerprint density at radius 2 is 1.36 bits per heavy atom. The zero-order chi connectivity index (χ0) is 8.69. The maximum absolute atomic E-state index is 9.91. The van der Waals surface area contributed by atoms with Crippen LogP contribution >= 0.6 is 16.5 Å². The van der Waals surface area contributed by atoms with Crippen LogP contribution in [-0.2, 0) is 18.2 Å². The molecule has 0 saturated carbocycles. The molecule has 0 aromatic rings. The summed E-state index contributed by atoms with van der Waals surface area (Å²) in [6.45, 7) is 0.118. The minimum absolute atomic E-state index is 0.0590. The molecule has 2 unspecified atom stereocenters. The zero-order valence-corrected chi connectivity index (χ0v) is 7.65. The normalized spacial score (nSPS) is 16.2. The average Bonchev–Trinajstić information content (AvgIpc) is 1.85. The molecule has 0 saturated heterocycles. The van der Waals surface area contributed by atoms with Crippen molar-refractivity contribution in [2.45, 2.75) is 6.42 Å². The third kappa shape index (κ3) is 10.3. The molecule has 0 heterocycles. The van der Waals surface area contributed by atoms with Crippen molar-refractivity contribution in [3.8, 4) is 0 Å². The van der Waals surface area contributed by atoms with E-state index in [0.29, 0.717) is 6.42 Å². The highest BCUT2D eigenvalue weighted by molar-refractivity contribution is 7.32. The first kappa shape index (κ1) is 11.3. The van der Waals surface area contributed by atoms with Gasteiger partial charge in [0.25, 0.3) is 0 Å². The van der Waals surface area contributed by atoms with E-state index in [2.05, 4.69) is 9.05 Å². The van der Waals surface area contributed by atoms with Crippen molar-refractivity contribution in [2.24, 2.45) is 0 Å². The highest BCUT2D eigenvalue weighted by Gasteiger charge is 1.94. The summed E-state index contributed by atoms with van der Waals surface area (Å²) in [4.78, 5) is 16.3. The highest BCUT2D eigenvalue weighted by Crippen LogP contribution is 2.16. The summed E-state index contributed by atoms with van der Waals surface area (Å²) in [7, 11) is -5.75. The predicted octanol–water partition coefficient (Wildman–Crippen LogP) is 0.174. The maximum Gasteiger partial charge on any atom is 0.316 e. The largest absolute Gasteiger partial charge is 0.326 e. The standard InChI is InChI=1S/C3H10O6P2/c4-10(5)8-2-1-3-9-11(6)7/h10-11H,1-3H2,(H,4,5)(H,6,7). The summed E-state index contributed by atoms with van der Waals surface area (Å²) >= 11 is 0. The van der Waals surface area contributed by atoms with Crippen molar-refractivity contribution in [1.29, 1.82) is 0 Å². The molecule has 0 radical (unpaired) electrons. The van der Waals surface area contributed by atoms with Crippen LogP contribution in [0, 0.1) is 0 Å². The van der Waals surface area contributed by atoms with Crippen LogP contribution in [0.5, 0.6) is 0 Å². The second-order valence-corrected chi connectivity index (χ2v) is 3.22. The van der Waals surface area contributed by atoms with E-state index in [1.807, 2.05) is 0 Å². The molecular weight excluding hydrogens is 194 g/mol. The number of rotatable bonds is 6. The SMILES string of the molecule is O=[PH](O)OCCCO[PH](=O)O. The Kier molecular flexibility index (Phi) is 7.17. The van der Waals surface area contributed by atoms with Crippen molar-refractivity contribution in [3.63, 3.8) is 0 Å². The molecule has 0 spiro atoms. The summed E-state index contributed by atoms with van der Waals surface area (Å²) in [6.07, 6.45) is 0.327. The van der Waals surface area contributed by atoms with Crippen molar-refractivity contribution in [1.82, 2.24) is 0 Å². The third-order valence-corrected chi connectivity index (χ3v) is 1.64. The van der Waals surface area contributed by atoms with Gasteiger partial charge in [0.1, 0.15) is 0 Å². The van der Waals surface area contributed by atoms with Gasteiger partial charge in [-0.2, -0.15) is 0 Å². The van der Waals surface area contributed by atoms with E-state index in [-0.39, 0.29) is 13.2 Å². The average molecular weight is 204 g/mol. The lowest BCUT2D eigenvalue weighted by molar-refractivity contribution is 0.227. The van der Waals surface area contributed by atoms with Crippen LogP contribution in [0.15, 0.2) is 0 Å². The van der Waals surface area contributed by atoms with Crippen molar-refractivity contribution < 1.29 is 28.0 Å². The molecule has 0 aliphatic heterocycles. The molecule has 0 fully saturated rings. The van der Waals surface area contributed by atoms with Gasteiger partial charge in [0.2, 0.25) is 0 Å². The minimum Gasteiger partial charge on any atom is -0.326 e. The summed E-state index contributed by atoms with van der Waals surface area (Å²) < 4.78 is 28.4. The first-order chi connectivity index (χ1) is 5.13. The lowest BCUT2D eigenvalue weighted by Gasteiger charge is -1.99. The minimum atomic E-state index is -2.87. The Bertz CT molecular complexity index is 131. The molecule has 2 atom stereocenters. The van der Waals surface area contributed by atoms with Crippen LogP contribution in [0.25, 0.3) is 0 Å². The second-order valence-electron chi connectivity index (χ2n) is 1.58. The molecule has 0 aromatic heterocycles. The summed E-state index contributed by atoms with van der Waals surface area (Å²) in [5.74, 6) is 0. The Hall–Kier alpha value is 0.300. The van der Waals surface area contributed by atoms with Gasteiger partial charge < -0.3 is 18.8 Å².